The van der Waals surface area contributed by atoms with Crippen LogP contribution < -0.4 is 5.32 Å². The number of aryl methyl sites for hydroxylation is 1. The van der Waals surface area contributed by atoms with E-state index in [9.17, 15) is 0 Å². The highest BCUT2D eigenvalue weighted by molar-refractivity contribution is 8.22. The Morgan fingerprint density at radius 2 is 2.00 bits per heavy atom. The monoisotopic (exact) mass is 225 g/mol. The van der Waals surface area contributed by atoms with Crippen molar-refractivity contribution in [2.45, 2.75) is 13.3 Å². The largest absolute Gasteiger partial charge is 0.371 e. The Labute approximate surface area is 95.3 Å². The minimum atomic E-state index is 0.872. The smallest absolute Gasteiger partial charge is 0.133 e. The van der Waals surface area contributed by atoms with Gasteiger partial charge in [-0.05, 0) is 25.2 Å². The van der Waals surface area contributed by atoms with Crippen molar-refractivity contribution >= 4 is 28.3 Å². The van der Waals surface area contributed by atoms with Crippen molar-refractivity contribution in [3.05, 3.63) is 35.4 Å². The molecule has 0 bridgehead atoms. The molecule has 0 radical (unpaired) electrons. The summed E-state index contributed by atoms with van der Waals surface area (Å²) in [5.41, 5.74) is 2.66. The first-order valence-corrected chi connectivity index (χ1v) is 6.23. The van der Waals surface area contributed by atoms with Gasteiger partial charge >= 0.3 is 0 Å². The van der Waals surface area contributed by atoms with Crippen LogP contribution in [0.3, 0.4) is 0 Å². The van der Waals surface area contributed by atoms with Gasteiger partial charge in [-0.2, -0.15) is 0 Å². The quantitative estimate of drug-likeness (QED) is 0.795. The van der Waals surface area contributed by atoms with Gasteiger partial charge in [0.25, 0.3) is 0 Å². The van der Waals surface area contributed by atoms with E-state index in [2.05, 4.69) is 36.5 Å². The Bertz CT molecular complexity index is 293. The molecule has 1 nitrogen and oxygen atoms in total. The Hall–Kier alpha value is -0.540. The van der Waals surface area contributed by atoms with E-state index in [0.29, 0.717) is 0 Å². The summed E-state index contributed by atoms with van der Waals surface area (Å²) in [6.07, 6.45) is 3.02. The molecule has 0 aliphatic carbocycles. The van der Waals surface area contributed by atoms with Gasteiger partial charge in [0.1, 0.15) is 4.32 Å². The lowest BCUT2D eigenvalue weighted by atomic mass is 10.1. The maximum absolute atomic E-state index is 5.04. The third kappa shape index (κ3) is 4.11. The minimum absolute atomic E-state index is 0.872. The fourth-order valence-electron chi connectivity index (χ4n) is 1.14. The van der Waals surface area contributed by atoms with Crippen LogP contribution in [-0.4, -0.2) is 17.1 Å². The zero-order chi connectivity index (χ0) is 10.4. The van der Waals surface area contributed by atoms with Crippen LogP contribution in [0.4, 0.5) is 0 Å². The number of benzene rings is 1. The molecule has 3 heteroatoms. The third-order valence-corrected chi connectivity index (χ3v) is 3.15. The fourth-order valence-corrected chi connectivity index (χ4v) is 1.48. The number of nitrogens with one attached hydrogen (secondary N) is 1. The zero-order valence-corrected chi connectivity index (χ0v) is 10.2. The highest BCUT2D eigenvalue weighted by atomic mass is 32.2. The normalized spacial score (nSPS) is 9.86. The molecule has 0 saturated carbocycles. The molecule has 76 valence electrons. The van der Waals surface area contributed by atoms with Crippen LogP contribution in [0.2, 0.25) is 0 Å². The lowest BCUT2D eigenvalue weighted by Crippen LogP contribution is -2.20. The SMILES string of the molecule is CSC(=S)NCCc1ccc(C)cc1. The first-order valence-electron chi connectivity index (χ1n) is 4.59. The first-order chi connectivity index (χ1) is 6.72. The highest BCUT2D eigenvalue weighted by Crippen LogP contribution is 2.03. The van der Waals surface area contributed by atoms with E-state index in [1.54, 1.807) is 11.8 Å². The average molecular weight is 225 g/mol. The lowest BCUT2D eigenvalue weighted by Gasteiger charge is -2.05. The maximum atomic E-state index is 5.04. The van der Waals surface area contributed by atoms with Gasteiger partial charge in [0.05, 0.1) is 0 Å². The van der Waals surface area contributed by atoms with E-state index in [1.165, 1.54) is 11.1 Å². The van der Waals surface area contributed by atoms with Crippen molar-refractivity contribution in [3.8, 4) is 0 Å². The number of thioether (sulfide) groups is 1. The molecule has 0 aliphatic heterocycles. The maximum Gasteiger partial charge on any atom is 0.133 e. The molecule has 0 unspecified atom stereocenters. The van der Waals surface area contributed by atoms with E-state index in [1.807, 2.05) is 6.26 Å². The van der Waals surface area contributed by atoms with Crippen LogP contribution >= 0.6 is 24.0 Å². The summed E-state index contributed by atoms with van der Waals surface area (Å²) < 4.78 is 0.872. The van der Waals surface area contributed by atoms with Crippen LogP contribution in [0, 0.1) is 6.92 Å². The molecule has 1 aromatic rings. The summed E-state index contributed by atoms with van der Waals surface area (Å²) in [5, 5.41) is 3.19. The van der Waals surface area contributed by atoms with Crippen molar-refractivity contribution in [2.75, 3.05) is 12.8 Å². The van der Waals surface area contributed by atoms with E-state index < -0.39 is 0 Å². The van der Waals surface area contributed by atoms with Gasteiger partial charge in [0.15, 0.2) is 0 Å². The Kier molecular flexibility index (Phi) is 4.98. The predicted octanol–water partition coefficient (Wildman–Crippen LogP) is 2.78. The van der Waals surface area contributed by atoms with Crippen molar-refractivity contribution in [2.24, 2.45) is 0 Å². The van der Waals surface area contributed by atoms with E-state index in [-0.39, 0.29) is 0 Å². The van der Waals surface area contributed by atoms with Gasteiger partial charge in [-0.25, -0.2) is 0 Å². The van der Waals surface area contributed by atoms with Crippen molar-refractivity contribution in [3.63, 3.8) is 0 Å². The number of rotatable bonds is 3. The predicted molar refractivity (Wildman–Crippen MR) is 69.0 cm³/mol. The number of hydrogen-bond donors (Lipinski definition) is 1. The second-order valence-corrected chi connectivity index (χ2v) is 4.64. The summed E-state index contributed by atoms with van der Waals surface area (Å²) in [5.74, 6) is 0. The fraction of sp³-hybridized carbons (Fsp3) is 0.364. The summed E-state index contributed by atoms with van der Waals surface area (Å²) in [4.78, 5) is 0. The average Bonchev–Trinajstić information content (AvgIpc) is 2.21. The minimum Gasteiger partial charge on any atom is -0.371 e. The van der Waals surface area contributed by atoms with Crippen LogP contribution in [0.15, 0.2) is 24.3 Å². The lowest BCUT2D eigenvalue weighted by molar-refractivity contribution is 0.882. The highest BCUT2D eigenvalue weighted by Gasteiger charge is 1.94. The first kappa shape index (κ1) is 11.5. The second-order valence-electron chi connectivity index (χ2n) is 3.15. The molecule has 0 saturated heterocycles. The van der Waals surface area contributed by atoms with Gasteiger partial charge in [-0.1, -0.05) is 42.0 Å². The molecule has 14 heavy (non-hydrogen) atoms. The molecule has 0 atom stereocenters. The van der Waals surface area contributed by atoms with Crippen LogP contribution in [0.25, 0.3) is 0 Å². The molecule has 0 spiro atoms. The van der Waals surface area contributed by atoms with Gasteiger partial charge in [-0.3, -0.25) is 0 Å². The standard InChI is InChI=1S/C11H15NS2/c1-9-3-5-10(6-4-9)7-8-12-11(13)14-2/h3-6H,7-8H2,1-2H3,(H,12,13). The topological polar surface area (TPSA) is 12.0 Å². The molecule has 0 amide bonds. The summed E-state index contributed by atoms with van der Waals surface area (Å²) >= 11 is 6.63. The van der Waals surface area contributed by atoms with Crippen molar-refractivity contribution < 1.29 is 0 Å². The summed E-state index contributed by atoms with van der Waals surface area (Å²) in [6, 6.07) is 8.61. The van der Waals surface area contributed by atoms with Gasteiger partial charge in [0.2, 0.25) is 0 Å². The Morgan fingerprint density at radius 3 is 2.57 bits per heavy atom. The summed E-state index contributed by atoms with van der Waals surface area (Å²) in [6.45, 7) is 3.02. The van der Waals surface area contributed by atoms with Crippen LogP contribution in [0.5, 0.6) is 0 Å². The van der Waals surface area contributed by atoms with E-state index in [4.69, 9.17) is 12.2 Å². The van der Waals surface area contributed by atoms with Crippen molar-refractivity contribution in [1.29, 1.82) is 0 Å². The Morgan fingerprint density at radius 1 is 1.36 bits per heavy atom. The Balaban J connectivity index is 2.31. The van der Waals surface area contributed by atoms with Gasteiger partial charge < -0.3 is 5.32 Å². The van der Waals surface area contributed by atoms with Crippen LogP contribution in [0.1, 0.15) is 11.1 Å². The summed E-state index contributed by atoms with van der Waals surface area (Å²) in [7, 11) is 0. The molecule has 1 aromatic carbocycles. The van der Waals surface area contributed by atoms with E-state index >= 15 is 0 Å². The second kappa shape index (κ2) is 6.04. The molecule has 0 heterocycles. The van der Waals surface area contributed by atoms with Gasteiger partial charge in [-0.15, -0.1) is 11.8 Å². The molecule has 1 rings (SSSR count). The third-order valence-electron chi connectivity index (χ3n) is 1.99. The molecule has 0 aromatic heterocycles. The zero-order valence-electron chi connectivity index (χ0n) is 8.54. The molecular weight excluding hydrogens is 210 g/mol. The van der Waals surface area contributed by atoms with Gasteiger partial charge in [0, 0.05) is 6.54 Å². The molecule has 0 fully saturated rings. The van der Waals surface area contributed by atoms with E-state index in [0.717, 1.165) is 17.3 Å². The number of thiocarbonyl (C=S) groups is 1. The van der Waals surface area contributed by atoms with Crippen molar-refractivity contribution in [1.82, 2.24) is 5.32 Å². The molecule has 0 aliphatic rings. The molecular formula is C11H15NS2. The van der Waals surface area contributed by atoms with Crippen LogP contribution in [-0.2, 0) is 6.42 Å². The molecule has 1 N–H and O–H groups in total. The number of hydrogen-bond acceptors (Lipinski definition) is 2.